The highest BCUT2D eigenvalue weighted by molar-refractivity contribution is 5.90. The number of rotatable bonds is 6. The summed E-state index contributed by atoms with van der Waals surface area (Å²) >= 11 is 0. The number of para-hydroxylation sites is 1. The quantitative estimate of drug-likeness (QED) is 0.504. The Kier molecular flexibility index (Phi) is 4.79. The van der Waals surface area contributed by atoms with Gasteiger partial charge in [-0.05, 0) is 5.92 Å². The van der Waals surface area contributed by atoms with Crippen molar-refractivity contribution in [1.82, 2.24) is 10.2 Å². The molecule has 25 heavy (non-hydrogen) atoms. The number of anilines is 1. The second-order valence-electron chi connectivity index (χ2n) is 6.25. The van der Waals surface area contributed by atoms with Crippen LogP contribution in [0.25, 0.3) is 22.4 Å². The molecule has 1 aromatic heterocycles. The molecule has 6 heteroatoms. The van der Waals surface area contributed by atoms with Gasteiger partial charge in [-0.1, -0.05) is 56.3 Å². The highest BCUT2D eigenvalue weighted by atomic mass is 16.6. The number of nitro groups is 1. The van der Waals surface area contributed by atoms with Crippen LogP contribution in [0.2, 0.25) is 0 Å². The summed E-state index contributed by atoms with van der Waals surface area (Å²) in [6.07, 6.45) is 1.78. The van der Waals surface area contributed by atoms with Crippen LogP contribution in [0.1, 0.15) is 13.8 Å². The molecule has 0 fully saturated rings. The van der Waals surface area contributed by atoms with Gasteiger partial charge in [-0.15, -0.1) is 0 Å². The molecule has 0 atom stereocenters. The van der Waals surface area contributed by atoms with Crippen LogP contribution in [0.15, 0.2) is 54.7 Å². The third-order valence-electron chi connectivity index (χ3n) is 3.90. The first kappa shape index (κ1) is 16.7. The van der Waals surface area contributed by atoms with Crippen molar-refractivity contribution in [3.63, 3.8) is 0 Å². The molecule has 128 valence electrons. The zero-order valence-electron chi connectivity index (χ0n) is 14.2. The molecule has 6 nitrogen and oxygen atoms in total. The molecule has 3 rings (SSSR count). The largest absolute Gasteiger partial charge is 0.379 e. The Morgan fingerprint density at radius 3 is 2.56 bits per heavy atom. The Morgan fingerprint density at radius 2 is 1.88 bits per heavy atom. The predicted octanol–water partition coefficient (Wildman–Crippen LogP) is 4.72. The second-order valence-corrected chi connectivity index (χ2v) is 6.25. The van der Waals surface area contributed by atoms with E-state index in [2.05, 4.69) is 29.4 Å². The maximum absolute atomic E-state index is 11.5. The Balaban J connectivity index is 2.13. The van der Waals surface area contributed by atoms with Gasteiger partial charge in [-0.25, -0.2) is 0 Å². The van der Waals surface area contributed by atoms with Crippen LogP contribution < -0.4 is 5.32 Å². The van der Waals surface area contributed by atoms with E-state index in [4.69, 9.17) is 0 Å². The van der Waals surface area contributed by atoms with Gasteiger partial charge in [0.2, 0.25) is 0 Å². The monoisotopic (exact) mass is 336 g/mol. The molecule has 2 aromatic carbocycles. The van der Waals surface area contributed by atoms with Crippen molar-refractivity contribution in [3.05, 3.63) is 64.8 Å². The summed E-state index contributed by atoms with van der Waals surface area (Å²) in [6, 6.07) is 14.9. The molecule has 3 aromatic rings. The van der Waals surface area contributed by atoms with E-state index in [0.717, 1.165) is 22.4 Å². The lowest BCUT2D eigenvalue weighted by atomic mass is 9.99. The van der Waals surface area contributed by atoms with Crippen molar-refractivity contribution >= 4 is 11.4 Å². The van der Waals surface area contributed by atoms with E-state index in [1.807, 2.05) is 36.4 Å². The van der Waals surface area contributed by atoms with Crippen molar-refractivity contribution in [3.8, 4) is 22.4 Å². The lowest BCUT2D eigenvalue weighted by Crippen LogP contribution is -2.10. The molecule has 0 unspecified atom stereocenters. The highest BCUT2D eigenvalue weighted by Gasteiger charge is 2.21. The standard InChI is InChI=1S/C19H20N4O2/c1-13(2)11-20-19-15(9-6-10-17(19)23(24)25)16-12-21-22-18(16)14-7-4-3-5-8-14/h3-10,12-13,20H,11H2,1-2H3,(H,21,22). The fourth-order valence-electron chi connectivity index (χ4n) is 2.72. The number of nitro benzene ring substituents is 1. The van der Waals surface area contributed by atoms with Gasteiger partial charge in [-0.3, -0.25) is 15.2 Å². The van der Waals surface area contributed by atoms with Crippen LogP contribution >= 0.6 is 0 Å². The molecule has 0 saturated heterocycles. The molecule has 0 saturated carbocycles. The van der Waals surface area contributed by atoms with E-state index in [0.29, 0.717) is 18.2 Å². The maximum Gasteiger partial charge on any atom is 0.292 e. The average molecular weight is 336 g/mol. The van der Waals surface area contributed by atoms with Crippen molar-refractivity contribution in [2.45, 2.75) is 13.8 Å². The van der Waals surface area contributed by atoms with Gasteiger partial charge >= 0.3 is 0 Å². The number of H-pyrrole nitrogens is 1. The Bertz CT molecular complexity index is 872. The first-order valence-electron chi connectivity index (χ1n) is 8.18. The molecular formula is C19H20N4O2. The summed E-state index contributed by atoms with van der Waals surface area (Å²) in [5.74, 6) is 0.366. The van der Waals surface area contributed by atoms with E-state index in [1.165, 1.54) is 6.07 Å². The number of benzene rings is 2. The smallest absolute Gasteiger partial charge is 0.292 e. The summed E-state index contributed by atoms with van der Waals surface area (Å²) in [7, 11) is 0. The zero-order valence-corrected chi connectivity index (χ0v) is 14.2. The maximum atomic E-state index is 11.5. The minimum atomic E-state index is -0.353. The zero-order chi connectivity index (χ0) is 17.8. The van der Waals surface area contributed by atoms with Gasteiger partial charge in [0.15, 0.2) is 0 Å². The summed E-state index contributed by atoms with van der Waals surface area (Å²) < 4.78 is 0. The van der Waals surface area contributed by atoms with Gasteiger partial charge in [0.05, 0.1) is 10.6 Å². The SMILES string of the molecule is CC(C)CNc1c(-c2c[nH]nc2-c2ccccc2)cccc1[N+](=O)[O-]. The van der Waals surface area contributed by atoms with Gasteiger partial charge in [0, 0.05) is 35.5 Å². The number of hydrogen-bond donors (Lipinski definition) is 2. The van der Waals surface area contributed by atoms with Crippen molar-refractivity contribution in [2.75, 3.05) is 11.9 Å². The van der Waals surface area contributed by atoms with E-state index in [9.17, 15) is 10.1 Å². The second kappa shape index (κ2) is 7.17. The number of nitrogens with one attached hydrogen (secondary N) is 2. The molecular weight excluding hydrogens is 316 g/mol. The topological polar surface area (TPSA) is 83.8 Å². The van der Waals surface area contributed by atoms with Crippen LogP contribution in [-0.2, 0) is 0 Å². The molecule has 0 aliphatic rings. The third kappa shape index (κ3) is 3.52. The predicted molar refractivity (Wildman–Crippen MR) is 99.4 cm³/mol. The summed E-state index contributed by atoms with van der Waals surface area (Å²) in [5.41, 5.74) is 3.93. The number of nitrogens with zero attached hydrogens (tertiary/aromatic N) is 2. The van der Waals surface area contributed by atoms with Gasteiger partial charge in [-0.2, -0.15) is 5.10 Å². The average Bonchev–Trinajstić information content (AvgIpc) is 3.09. The van der Waals surface area contributed by atoms with E-state index in [1.54, 1.807) is 12.3 Å². The normalized spacial score (nSPS) is 10.8. The van der Waals surface area contributed by atoms with E-state index < -0.39 is 0 Å². The first-order chi connectivity index (χ1) is 12.1. The van der Waals surface area contributed by atoms with Crippen molar-refractivity contribution in [2.24, 2.45) is 5.92 Å². The van der Waals surface area contributed by atoms with Crippen LogP contribution in [0.5, 0.6) is 0 Å². The van der Waals surface area contributed by atoms with Crippen LogP contribution in [0.4, 0.5) is 11.4 Å². The lowest BCUT2D eigenvalue weighted by molar-refractivity contribution is -0.383. The summed E-state index contributed by atoms with van der Waals surface area (Å²) in [4.78, 5) is 11.1. The molecule has 0 aliphatic heterocycles. The highest BCUT2D eigenvalue weighted by Crippen LogP contribution is 2.39. The fraction of sp³-hybridized carbons (Fsp3) is 0.211. The van der Waals surface area contributed by atoms with Crippen LogP contribution in [-0.4, -0.2) is 21.7 Å². The minimum Gasteiger partial charge on any atom is -0.379 e. The van der Waals surface area contributed by atoms with Crippen molar-refractivity contribution in [1.29, 1.82) is 0 Å². The number of aromatic nitrogens is 2. The third-order valence-corrected chi connectivity index (χ3v) is 3.90. The summed E-state index contributed by atoms with van der Waals surface area (Å²) in [6.45, 7) is 4.78. The molecule has 0 spiro atoms. The van der Waals surface area contributed by atoms with E-state index >= 15 is 0 Å². The Hall–Kier alpha value is -3.15. The minimum absolute atomic E-state index is 0.0679. The first-order valence-corrected chi connectivity index (χ1v) is 8.18. The van der Waals surface area contributed by atoms with Crippen LogP contribution in [0, 0.1) is 16.0 Å². The lowest BCUT2D eigenvalue weighted by Gasteiger charge is -2.14. The van der Waals surface area contributed by atoms with Crippen LogP contribution in [0.3, 0.4) is 0 Å². The summed E-state index contributed by atoms with van der Waals surface area (Å²) in [5, 5.41) is 22.0. The Morgan fingerprint density at radius 1 is 1.12 bits per heavy atom. The molecule has 0 aliphatic carbocycles. The van der Waals surface area contributed by atoms with Gasteiger partial charge < -0.3 is 5.32 Å². The molecule has 2 N–H and O–H groups in total. The van der Waals surface area contributed by atoms with Gasteiger partial charge in [0.1, 0.15) is 5.69 Å². The molecule has 0 amide bonds. The van der Waals surface area contributed by atoms with Crippen molar-refractivity contribution < 1.29 is 4.92 Å². The molecule has 1 heterocycles. The Labute approximate surface area is 146 Å². The van der Waals surface area contributed by atoms with Gasteiger partial charge in [0.25, 0.3) is 5.69 Å². The van der Waals surface area contributed by atoms with E-state index in [-0.39, 0.29) is 10.6 Å². The number of aromatic amines is 1. The fourth-order valence-corrected chi connectivity index (χ4v) is 2.72. The number of hydrogen-bond acceptors (Lipinski definition) is 4. The molecule has 0 radical (unpaired) electrons. The molecule has 0 bridgehead atoms.